The first-order valence-electron chi connectivity index (χ1n) is 11.4. The highest BCUT2D eigenvalue weighted by atomic mass is 31.2. The van der Waals surface area contributed by atoms with Crippen LogP contribution < -0.4 is 5.30 Å². The molecule has 5 atom stereocenters. The zero-order valence-electron chi connectivity index (χ0n) is 19.3. The average molecular weight is 487 g/mol. The average Bonchev–Trinajstić information content (AvgIpc) is 3.06. The molecule has 2 saturated heterocycles. The molecule has 0 amide bonds. The number of fused-ring (bicyclic) bond motifs is 2. The summed E-state index contributed by atoms with van der Waals surface area (Å²) in [6.07, 6.45) is 1.57. The standard InChI is InChI=1S/C25H30NO7P/c1-26-19-10-13-21(26)24(25(28)31-2)22(15-19)33-34(29,30)20-11-8-17(9-12-20)14-23(27)32-16-18-6-4-3-5-7-18/h3-9,11-12,19,21-22,24H,10,13-16H2,1-2H3,(H,29,30)/t19?,21?,22-,24+/m0/s1. The monoisotopic (exact) mass is 487 g/mol. The maximum absolute atomic E-state index is 13.1. The van der Waals surface area contributed by atoms with Gasteiger partial charge in [0.05, 0.1) is 30.9 Å². The smallest absolute Gasteiger partial charge is 0.359 e. The molecule has 2 aliphatic heterocycles. The minimum atomic E-state index is -4.20. The molecule has 2 aromatic rings. The number of benzene rings is 2. The lowest BCUT2D eigenvalue weighted by molar-refractivity contribution is -0.154. The third-order valence-electron chi connectivity index (χ3n) is 6.82. The van der Waals surface area contributed by atoms with Gasteiger partial charge in [0.1, 0.15) is 6.61 Å². The highest BCUT2D eigenvalue weighted by molar-refractivity contribution is 7.61. The first-order valence-corrected chi connectivity index (χ1v) is 13.0. The van der Waals surface area contributed by atoms with Crippen LogP contribution in [0, 0.1) is 5.92 Å². The number of carbonyl (C=O) groups is 2. The van der Waals surface area contributed by atoms with E-state index in [4.69, 9.17) is 14.0 Å². The number of hydrogen-bond acceptors (Lipinski definition) is 7. The van der Waals surface area contributed by atoms with Gasteiger partial charge in [0, 0.05) is 12.1 Å². The summed E-state index contributed by atoms with van der Waals surface area (Å²) in [5.74, 6) is -1.43. The van der Waals surface area contributed by atoms with Gasteiger partial charge in [0.15, 0.2) is 0 Å². The van der Waals surface area contributed by atoms with Crippen molar-refractivity contribution in [3.63, 3.8) is 0 Å². The Morgan fingerprint density at radius 1 is 1.06 bits per heavy atom. The summed E-state index contributed by atoms with van der Waals surface area (Å²) in [6.45, 7) is 0.192. The molecular weight excluding hydrogens is 457 g/mol. The molecule has 3 unspecified atom stereocenters. The molecule has 1 N–H and O–H groups in total. The fourth-order valence-electron chi connectivity index (χ4n) is 4.98. The van der Waals surface area contributed by atoms with Crippen molar-refractivity contribution in [2.24, 2.45) is 5.92 Å². The molecule has 34 heavy (non-hydrogen) atoms. The quantitative estimate of drug-likeness (QED) is 0.448. The van der Waals surface area contributed by atoms with E-state index in [0.29, 0.717) is 12.0 Å². The molecule has 8 nitrogen and oxygen atoms in total. The number of hydrogen-bond donors (Lipinski definition) is 1. The Kier molecular flexibility index (Phi) is 7.53. The molecule has 2 aromatic carbocycles. The van der Waals surface area contributed by atoms with Crippen molar-refractivity contribution in [1.29, 1.82) is 0 Å². The first-order chi connectivity index (χ1) is 16.3. The summed E-state index contributed by atoms with van der Waals surface area (Å²) in [4.78, 5) is 37.5. The minimum absolute atomic E-state index is 0.0481. The Morgan fingerprint density at radius 3 is 2.44 bits per heavy atom. The van der Waals surface area contributed by atoms with E-state index in [9.17, 15) is 19.0 Å². The van der Waals surface area contributed by atoms with Gasteiger partial charge in [-0.1, -0.05) is 42.5 Å². The lowest BCUT2D eigenvalue weighted by Gasteiger charge is -2.41. The number of carbonyl (C=O) groups excluding carboxylic acids is 2. The molecule has 2 bridgehead atoms. The normalized spacial score (nSPS) is 26.0. The van der Waals surface area contributed by atoms with Gasteiger partial charge < -0.3 is 18.9 Å². The van der Waals surface area contributed by atoms with Crippen LogP contribution in [0.1, 0.15) is 30.4 Å². The molecule has 0 spiro atoms. The van der Waals surface area contributed by atoms with Crippen LogP contribution in [0.25, 0.3) is 0 Å². The molecule has 2 fully saturated rings. The molecule has 9 heteroatoms. The second-order valence-corrected chi connectivity index (χ2v) is 10.7. The van der Waals surface area contributed by atoms with Crippen LogP contribution in [0.15, 0.2) is 54.6 Å². The summed E-state index contributed by atoms with van der Waals surface area (Å²) in [5, 5.41) is 0.115. The molecule has 4 rings (SSSR count). The van der Waals surface area contributed by atoms with E-state index in [1.54, 1.807) is 12.1 Å². The van der Waals surface area contributed by atoms with Crippen LogP contribution in [-0.4, -0.2) is 54.1 Å². The maximum Gasteiger partial charge on any atom is 0.359 e. The van der Waals surface area contributed by atoms with E-state index >= 15 is 0 Å². The predicted octanol–water partition coefficient (Wildman–Crippen LogP) is 2.82. The predicted molar refractivity (Wildman–Crippen MR) is 125 cm³/mol. The Balaban J connectivity index is 1.39. The van der Waals surface area contributed by atoms with Crippen LogP contribution in [0.3, 0.4) is 0 Å². The molecule has 0 aromatic heterocycles. The van der Waals surface area contributed by atoms with Crippen molar-refractivity contribution in [3.05, 3.63) is 65.7 Å². The van der Waals surface area contributed by atoms with Crippen LogP contribution >= 0.6 is 7.60 Å². The van der Waals surface area contributed by atoms with Crippen molar-refractivity contribution >= 4 is 24.8 Å². The second-order valence-electron chi connectivity index (χ2n) is 8.90. The van der Waals surface area contributed by atoms with Crippen LogP contribution in [0.5, 0.6) is 0 Å². The molecular formula is C25H30NO7P. The highest BCUT2D eigenvalue weighted by Crippen LogP contribution is 2.49. The van der Waals surface area contributed by atoms with Gasteiger partial charge in [0.25, 0.3) is 0 Å². The van der Waals surface area contributed by atoms with Crippen molar-refractivity contribution in [2.75, 3.05) is 14.2 Å². The number of esters is 2. The van der Waals surface area contributed by atoms with Crippen LogP contribution in [0.4, 0.5) is 0 Å². The maximum atomic E-state index is 13.1. The summed E-state index contributed by atoms with van der Waals surface area (Å²) in [6, 6.07) is 15.7. The number of ether oxygens (including phenoxy) is 2. The number of piperidine rings is 1. The molecule has 0 aliphatic carbocycles. The Hall–Kier alpha value is -2.51. The molecule has 0 radical (unpaired) electrons. The lowest BCUT2D eigenvalue weighted by Crippen LogP contribution is -2.53. The summed E-state index contributed by atoms with van der Waals surface area (Å²) < 4.78 is 29.1. The Labute approximate surface area is 199 Å². The van der Waals surface area contributed by atoms with Gasteiger partial charge in [-0.15, -0.1) is 0 Å². The van der Waals surface area contributed by atoms with Crippen molar-refractivity contribution in [3.8, 4) is 0 Å². The first kappa shape index (κ1) is 24.6. The minimum Gasteiger partial charge on any atom is -0.469 e. The van der Waals surface area contributed by atoms with E-state index in [2.05, 4.69) is 4.90 Å². The summed E-state index contributed by atoms with van der Waals surface area (Å²) in [7, 11) is -0.904. The molecule has 182 valence electrons. The Bertz CT molecular complexity index is 1060. The third-order valence-corrected chi connectivity index (χ3v) is 8.33. The molecule has 2 aliphatic rings. The summed E-state index contributed by atoms with van der Waals surface area (Å²) >= 11 is 0. The van der Waals surface area contributed by atoms with E-state index in [1.165, 1.54) is 19.2 Å². The van der Waals surface area contributed by atoms with Gasteiger partial charge in [-0.3, -0.25) is 19.1 Å². The van der Waals surface area contributed by atoms with Crippen LogP contribution in [0.2, 0.25) is 0 Å². The van der Waals surface area contributed by atoms with E-state index in [1.807, 2.05) is 37.4 Å². The third kappa shape index (κ3) is 5.41. The lowest BCUT2D eigenvalue weighted by atomic mass is 9.88. The van der Waals surface area contributed by atoms with E-state index < -0.39 is 25.6 Å². The highest BCUT2D eigenvalue weighted by Gasteiger charge is 2.51. The topological polar surface area (TPSA) is 102 Å². The van der Waals surface area contributed by atoms with Gasteiger partial charge in [-0.2, -0.15) is 0 Å². The van der Waals surface area contributed by atoms with Crippen LogP contribution in [-0.2, 0) is 41.2 Å². The number of nitrogens with zero attached hydrogens (tertiary/aromatic N) is 1. The van der Waals surface area contributed by atoms with Gasteiger partial charge in [-0.25, -0.2) is 0 Å². The van der Waals surface area contributed by atoms with Crippen molar-refractivity contribution in [2.45, 2.75) is 50.5 Å². The largest absolute Gasteiger partial charge is 0.469 e. The Morgan fingerprint density at radius 2 is 1.76 bits per heavy atom. The second kappa shape index (κ2) is 10.4. The van der Waals surface area contributed by atoms with E-state index in [-0.39, 0.29) is 36.4 Å². The van der Waals surface area contributed by atoms with Crippen molar-refractivity contribution in [1.82, 2.24) is 4.90 Å². The van der Waals surface area contributed by atoms with Crippen molar-refractivity contribution < 1.29 is 33.0 Å². The molecule has 0 saturated carbocycles. The SMILES string of the molecule is COC(=O)[C@@H]1C2CCC(C[C@@H]1OP(=O)(O)c1ccc(CC(=O)OCc3ccccc3)cc1)N2C. The van der Waals surface area contributed by atoms with Gasteiger partial charge in [-0.05, 0) is 49.6 Å². The fraction of sp³-hybridized carbons (Fsp3) is 0.440. The zero-order valence-corrected chi connectivity index (χ0v) is 20.2. The van der Waals surface area contributed by atoms with Gasteiger partial charge in [0.2, 0.25) is 0 Å². The number of rotatable bonds is 8. The van der Waals surface area contributed by atoms with E-state index in [0.717, 1.165) is 18.4 Å². The number of methoxy groups -OCH3 is 1. The molecule has 2 heterocycles. The van der Waals surface area contributed by atoms with Gasteiger partial charge >= 0.3 is 19.5 Å². The zero-order chi connectivity index (χ0) is 24.3. The fourth-order valence-corrected chi connectivity index (χ4v) is 6.21. The summed E-state index contributed by atoms with van der Waals surface area (Å²) in [5.41, 5.74) is 1.56.